The number of hydrogen-bond donors (Lipinski definition) is 0. The molecule has 0 saturated carbocycles. The predicted molar refractivity (Wildman–Crippen MR) is 67.3 cm³/mol. The van der Waals surface area contributed by atoms with Crippen LogP contribution in [0.1, 0.15) is 22.3 Å². The summed E-state index contributed by atoms with van der Waals surface area (Å²) < 4.78 is 15.7. The molecule has 0 amide bonds. The van der Waals surface area contributed by atoms with Gasteiger partial charge in [0.25, 0.3) is 0 Å². The molecule has 2 rings (SSSR count). The molecule has 18 heavy (non-hydrogen) atoms. The van der Waals surface area contributed by atoms with Gasteiger partial charge in [0.15, 0.2) is 5.78 Å². The second kappa shape index (κ2) is 6.52. The fourth-order valence-corrected chi connectivity index (χ4v) is 1.98. The van der Waals surface area contributed by atoms with Crippen LogP contribution in [0.4, 0.5) is 0 Å². The van der Waals surface area contributed by atoms with Crippen LogP contribution in [0.25, 0.3) is 0 Å². The zero-order chi connectivity index (χ0) is 12.8. The number of ether oxygens (including phenoxy) is 3. The molecule has 0 unspecified atom stereocenters. The summed E-state index contributed by atoms with van der Waals surface area (Å²) in [5.74, 6) is 0.838. The molecule has 1 heterocycles. The highest BCUT2D eigenvalue weighted by atomic mass is 16.5. The zero-order valence-electron chi connectivity index (χ0n) is 10.6. The van der Waals surface area contributed by atoms with E-state index in [1.54, 1.807) is 7.11 Å². The Bertz CT molecular complexity index is 414. The number of hydrogen-bond acceptors (Lipinski definition) is 4. The Kier molecular flexibility index (Phi) is 4.73. The smallest absolute Gasteiger partial charge is 0.168 e. The first-order valence-corrected chi connectivity index (χ1v) is 6.17. The van der Waals surface area contributed by atoms with Crippen molar-refractivity contribution in [3.8, 4) is 5.75 Å². The van der Waals surface area contributed by atoms with Gasteiger partial charge in [-0.3, -0.25) is 4.79 Å². The molecule has 4 nitrogen and oxygen atoms in total. The average molecular weight is 250 g/mol. The minimum Gasteiger partial charge on any atom is -0.492 e. The Morgan fingerprint density at radius 3 is 3.06 bits per heavy atom. The minimum atomic E-state index is 0.0752. The molecule has 1 aromatic carbocycles. The molecule has 1 aliphatic rings. The van der Waals surface area contributed by atoms with Crippen molar-refractivity contribution in [1.29, 1.82) is 0 Å². The van der Waals surface area contributed by atoms with Crippen LogP contribution in [0.15, 0.2) is 18.2 Å². The van der Waals surface area contributed by atoms with Crippen molar-refractivity contribution in [2.24, 2.45) is 0 Å². The van der Waals surface area contributed by atoms with Gasteiger partial charge in [-0.05, 0) is 11.6 Å². The molecule has 98 valence electrons. The average Bonchev–Trinajstić information content (AvgIpc) is 2.86. The van der Waals surface area contributed by atoms with Crippen LogP contribution in [0.5, 0.6) is 5.75 Å². The summed E-state index contributed by atoms with van der Waals surface area (Å²) in [5, 5.41) is 0. The van der Waals surface area contributed by atoms with E-state index in [1.807, 2.05) is 18.2 Å². The summed E-state index contributed by atoms with van der Waals surface area (Å²) in [7, 11) is 1.62. The van der Waals surface area contributed by atoms with Crippen LogP contribution in [-0.4, -0.2) is 39.3 Å². The summed E-state index contributed by atoms with van der Waals surface area (Å²) in [6, 6.07) is 5.74. The maximum absolute atomic E-state index is 12.0. The van der Waals surface area contributed by atoms with Crippen molar-refractivity contribution in [3.05, 3.63) is 29.3 Å². The van der Waals surface area contributed by atoms with Gasteiger partial charge in [0, 0.05) is 20.0 Å². The van der Waals surface area contributed by atoms with Crippen LogP contribution in [0, 0.1) is 0 Å². The second-order valence-corrected chi connectivity index (χ2v) is 4.17. The fourth-order valence-electron chi connectivity index (χ4n) is 1.98. The Balaban J connectivity index is 1.88. The van der Waals surface area contributed by atoms with Gasteiger partial charge in [0.2, 0.25) is 0 Å². The van der Waals surface area contributed by atoms with E-state index in [1.165, 1.54) is 0 Å². The molecule has 0 bridgehead atoms. The molecule has 0 atom stereocenters. The fraction of sp³-hybridized carbons (Fsp3) is 0.500. The quantitative estimate of drug-likeness (QED) is 0.547. The number of benzene rings is 1. The molecule has 1 aromatic rings. The van der Waals surface area contributed by atoms with Gasteiger partial charge >= 0.3 is 0 Å². The van der Waals surface area contributed by atoms with Gasteiger partial charge in [-0.15, -0.1) is 0 Å². The third-order valence-corrected chi connectivity index (χ3v) is 2.92. The lowest BCUT2D eigenvalue weighted by Gasteiger charge is -2.07. The first kappa shape index (κ1) is 13.1. The highest BCUT2D eigenvalue weighted by Gasteiger charge is 2.19. The number of methoxy groups -OCH3 is 1. The summed E-state index contributed by atoms with van der Waals surface area (Å²) in [6.07, 6.45) is 1.27. The van der Waals surface area contributed by atoms with Crippen molar-refractivity contribution in [3.63, 3.8) is 0 Å². The number of ketones is 1. The van der Waals surface area contributed by atoms with E-state index in [0.29, 0.717) is 38.4 Å². The molecule has 1 aliphatic heterocycles. The molecule has 0 N–H and O–H groups in total. The molecule has 0 radical (unpaired) electrons. The molecule has 0 saturated heterocycles. The third kappa shape index (κ3) is 3.09. The van der Waals surface area contributed by atoms with Crippen LogP contribution in [0.2, 0.25) is 0 Å². The van der Waals surface area contributed by atoms with Gasteiger partial charge in [0.05, 0.1) is 32.0 Å². The van der Waals surface area contributed by atoms with E-state index in [9.17, 15) is 4.79 Å². The molecule has 4 heteroatoms. The number of Topliss-reactive ketones (excluding diaryl/α,β-unsaturated/α-hetero) is 1. The monoisotopic (exact) mass is 250 g/mol. The van der Waals surface area contributed by atoms with Gasteiger partial charge < -0.3 is 14.2 Å². The van der Waals surface area contributed by atoms with Crippen LogP contribution >= 0.6 is 0 Å². The standard InChI is InChI=1S/C14H18O4/c1-16-9-10-17-7-6-13(15)12-4-2-3-11-5-8-18-14(11)12/h2-4H,5-10H2,1H3. The van der Waals surface area contributed by atoms with E-state index in [4.69, 9.17) is 14.2 Å². The Hall–Kier alpha value is -1.39. The van der Waals surface area contributed by atoms with E-state index in [-0.39, 0.29) is 5.78 Å². The molecular formula is C14H18O4. The SMILES string of the molecule is COCCOCCC(=O)c1cccc2c1OCC2. The third-order valence-electron chi connectivity index (χ3n) is 2.92. The van der Waals surface area contributed by atoms with Gasteiger partial charge in [-0.25, -0.2) is 0 Å². The lowest BCUT2D eigenvalue weighted by molar-refractivity contribution is 0.0640. The highest BCUT2D eigenvalue weighted by molar-refractivity contribution is 5.99. The van der Waals surface area contributed by atoms with E-state index in [0.717, 1.165) is 17.7 Å². The predicted octanol–water partition coefficient (Wildman–Crippen LogP) is 1.86. The summed E-state index contributed by atoms with van der Waals surface area (Å²) in [6.45, 7) is 2.17. The lowest BCUT2D eigenvalue weighted by Crippen LogP contribution is -2.09. The van der Waals surface area contributed by atoms with Crippen molar-refractivity contribution in [2.75, 3.05) is 33.5 Å². The van der Waals surface area contributed by atoms with Crippen molar-refractivity contribution in [1.82, 2.24) is 0 Å². The molecule has 0 aliphatic carbocycles. The van der Waals surface area contributed by atoms with Crippen LogP contribution in [-0.2, 0) is 15.9 Å². The summed E-state index contributed by atoms with van der Waals surface area (Å²) in [4.78, 5) is 12.0. The van der Waals surface area contributed by atoms with Crippen molar-refractivity contribution < 1.29 is 19.0 Å². The van der Waals surface area contributed by atoms with Gasteiger partial charge in [0.1, 0.15) is 5.75 Å². The maximum Gasteiger partial charge on any atom is 0.168 e. The first-order valence-electron chi connectivity index (χ1n) is 6.17. The van der Waals surface area contributed by atoms with Crippen molar-refractivity contribution >= 4 is 5.78 Å². The lowest BCUT2D eigenvalue weighted by atomic mass is 10.0. The van der Waals surface area contributed by atoms with E-state index in [2.05, 4.69) is 0 Å². The number of para-hydroxylation sites is 1. The molecular weight excluding hydrogens is 232 g/mol. The number of carbonyl (C=O) groups excluding carboxylic acids is 1. The van der Waals surface area contributed by atoms with Crippen LogP contribution < -0.4 is 4.74 Å². The molecule has 0 spiro atoms. The maximum atomic E-state index is 12.0. The van der Waals surface area contributed by atoms with Crippen molar-refractivity contribution in [2.45, 2.75) is 12.8 Å². The van der Waals surface area contributed by atoms with Gasteiger partial charge in [-0.1, -0.05) is 12.1 Å². The number of carbonyl (C=O) groups is 1. The normalized spacial score (nSPS) is 13.2. The Morgan fingerprint density at radius 2 is 2.22 bits per heavy atom. The Morgan fingerprint density at radius 1 is 1.33 bits per heavy atom. The Labute approximate surface area is 107 Å². The highest BCUT2D eigenvalue weighted by Crippen LogP contribution is 2.30. The number of rotatable bonds is 7. The van der Waals surface area contributed by atoms with Crippen LogP contribution in [0.3, 0.4) is 0 Å². The number of fused-ring (bicyclic) bond motifs is 1. The largest absolute Gasteiger partial charge is 0.492 e. The summed E-state index contributed by atoms with van der Waals surface area (Å²) in [5.41, 5.74) is 1.81. The molecule has 0 fully saturated rings. The zero-order valence-corrected chi connectivity index (χ0v) is 10.6. The van der Waals surface area contributed by atoms with E-state index < -0.39 is 0 Å². The first-order chi connectivity index (χ1) is 8.83. The topological polar surface area (TPSA) is 44.8 Å². The van der Waals surface area contributed by atoms with Gasteiger partial charge in [-0.2, -0.15) is 0 Å². The van der Waals surface area contributed by atoms with E-state index >= 15 is 0 Å². The molecule has 0 aromatic heterocycles. The minimum absolute atomic E-state index is 0.0752. The second-order valence-electron chi connectivity index (χ2n) is 4.17. The summed E-state index contributed by atoms with van der Waals surface area (Å²) >= 11 is 0.